The van der Waals surface area contributed by atoms with Crippen LogP contribution in [-0.4, -0.2) is 18.1 Å². The van der Waals surface area contributed by atoms with Crippen LogP contribution in [0.2, 0.25) is 0 Å². The molecule has 0 heterocycles. The molecule has 6 nitrogen and oxygen atoms in total. The number of nitro benzene ring substituents is 1. The fraction of sp³-hybridized carbons (Fsp3) is 0.462. The molecule has 0 aromatic heterocycles. The van der Waals surface area contributed by atoms with E-state index in [2.05, 4.69) is 0 Å². The first-order valence-corrected chi connectivity index (χ1v) is 6.12. The lowest BCUT2D eigenvalue weighted by atomic mass is 9.85. The van der Waals surface area contributed by atoms with Gasteiger partial charge in [0.2, 0.25) is 0 Å². The van der Waals surface area contributed by atoms with E-state index in [9.17, 15) is 14.5 Å². The zero-order valence-corrected chi connectivity index (χ0v) is 11.1. The van der Waals surface area contributed by atoms with E-state index in [-0.39, 0.29) is 30.9 Å². The summed E-state index contributed by atoms with van der Waals surface area (Å²) in [4.78, 5) is 10.2. The highest BCUT2D eigenvalue weighted by Crippen LogP contribution is 2.31. The molecule has 0 amide bonds. The maximum atomic E-state index is 13.9. The highest BCUT2D eigenvalue weighted by Gasteiger charge is 2.30. The van der Waals surface area contributed by atoms with Crippen LogP contribution in [0.1, 0.15) is 25.3 Å². The summed E-state index contributed by atoms with van der Waals surface area (Å²) >= 11 is 0. The molecule has 0 radical (unpaired) electrons. The fourth-order valence-electron chi connectivity index (χ4n) is 1.88. The van der Waals surface area contributed by atoms with Gasteiger partial charge < -0.3 is 10.5 Å². The Morgan fingerprint density at radius 2 is 2.30 bits per heavy atom. The number of halogens is 1. The number of ether oxygens (including phenoxy) is 1. The van der Waals surface area contributed by atoms with E-state index in [1.54, 1.807) is 6.92 Å². The van der Waals surface area contributed by atoms with E-state index in [1.165, 1.54) is 0 Å². The molecule has 1 aromatic rings. The van der Waals surface area contributed by atoms with Gasteiger partial charge in [-0.1, -0.05) is 6.92 Å². The first-order chi connectivity index (χ1) is 9.44. The summed E-state index contributed by atoms with van der Waals surface area (Å²) in [5, 5.41) is 19.1. The summed E-state index contributed by atoms with van der Waals surface area (Å²) in [5.74, 6) is -0.583. The predicted molar refractivity (Wildman–Crippen MR) is 70.3 cm³/mol. The Bertz CT molecular complexity index is 530. The highest BCUT2D eigenvalue weighted by atomic mass is 19.1. The monoisotopic (exact) mass is 281 g/mol. The summed E-state index contributed by atoms with van der Waals surface area (Å²) in [6, 6.07) is 5.12. The Morgan fingerprint density at radius 1 is 1.60 bits per heavy atom. The standard InChI is InChI=1S/C13H16FN3O3/c1-2-13(16,5-7-20-8-6-15)11-9-10(17(18)19)3-4-12(11)14/h3-4,9H,2,5,7-8,16H2,1H3/t13-/m0/s1. The minimum Gasteiger partial charge on any atom is -0.366 e. The molecule has 0 aliphatic rings. The number of benzene rings is 1. The van der Waals surface area contributed by atoms with Crippen molar-refractivity contribution in [2.24, 2.45) is 5.73 Å². The number of hydrogen-bond donors (Lipinski definition) is 1. The number of non-ortho nitro benzene ring substituents is 1. The fourth-order valence-corrected chi connectivity index (χ4v) is 1.88. The lowest BCUT2D eigenvalue weighted by molar-refractivity contribution is -0.385. The Balaban J connectivity index is 3.00. The molecule has 1 aromatic carbocycles. The molecule has 7 heteroatoms. The Hall–Kier alpha value is -2.04. The third-order valence-electron chi connectivity index (χ3n) is 3.19. The van der Waals surface area contributed by atoms with E-state index < -0.39 is 16.3 Å². The van der Waals surface area contributed by atoms with E-state index in [0.29, 0.717) is 6.42 Å². The van der Waals surface area contributed by atoms with Gasteiger partial charge in [-0.25, -0.2) is 4.39 Å². The van der Waals surface area contributed by atoms with Crippen LogP contribution >= 0.6 is 0 Å². The smallest absolute Gasteiger partial charge is 0.269 e. The summed E-state index contributed by atoms with van der Waals surface area (Å²) in [6.45, 7) is 1.87. The Kier molecular flexibility index (Phi) is 5.55. The van der Waals surface area contributed by atoms with Crippen molar-refractivity contribution in [3.05, 3.63) is 39.7 Å². The van der Waals surface area contributed by atoms with Crippen molar-refractivity contribution in [3.8, 4) is 6.07 Å². The van der Waals surface area contributed by atoms with Crippen LogP contribution in [0, 0.1) is 27.3 Å². The van der Waals surface area contributed by atoms with Gasteiger partial charge in [0.15, 0.2) is 0 Å². The summed E-state index contributed by atoms with van der Waals surface area (Å²) in [5.41, 5.74) is 4.97. The van der Waals surface area contributed by atoms with Gasteiger partial charge in [-0.15, -0.1) is 0 Å². The van der Waals surface area contributed by atoms with Crippen LogP contribution in [-0.2, 0) is 10.3 Å². The molecule has 1 atom stereocenters. The van der Waals surface area contributed by atoms with Gasteiger partial charge in [0.05, 0.1) is 17.6 Å². The van der Waals surface area contributed by atoms with Gasteiger partial charge in [-0.3, -0.25) is 10.1 Å². The minimum atomic E-state index is -1.06. The first kappa shape index (κ1) is 16.0. The molecule has 0 saturated carbocycles. The van der Waals surface area contributed by atoms with Crippen molar-refractivity contribution in [1.82, 2.24) is 0 Å². The third-order valence-corrected chi connectivity index (χ3v) is 3.19. The predicted octanol–water partition coefficient (Wildman–Crippen LogP) is 2.23. The normalized spacial score (nSPS) is 13.5. The summed E-state index contributed by atoms with van der Waals surface area (Å²) < 4.78 is 18.9. The molecule has 2 N–H and O–H groups in total. The number of rotatable bonds is 7. The third kappa shape index (κ3) is 3.73. The lowest BCUT2D eigenvalue weighted by Crippen LogP contribution is -2.38. The number of nitrogens with zero attached hydrogens (tertiary/aromatic N) is 2. The van der Waals surface area contributed by atoms with Gasteiger partial charge in [0.25, 0.3) is 5.69 Å². The average molecular weight is 281 g/mol. The Morgan fingerprint density at radius 3 is 2.85 bits per heavy atom. The second kappa shape index (κ2) is 6.93. The van der Waals surface area contributed by atoms with E-state index in [0.717, 1.165) is 18.2 Å². The number of nitriles is 1. The van der Waals surface area contributed by atoms with Crippen LogP contribution in [0.25, 0.3) is 0 Å². The molecule has 0 aliphatic heterocycles. The van der Waals surface area contributed by atoms with Crippen molar-refractivity contribution in [2.45, 2.75) is 25.3 Å². The van der Waals surface area contributed by atoms with Gasteiger partial charge in [0, 0.05) is 23.2 Å². The maximum Gasteiger partial charge on any atom is 0.269 e. The molecular formula is C13H16FN3O3. The van der Waals surface area contributed by atoms with Gasteiger partial charge in [0.1, 0.15) is 12.4 Å². The second-order valence-corrected chi connectivity index (χ2v) is 4.39. The van der Waals surface area contributed by atoms with Crippen LogP contribution in [0.3, 0.4) is 0 Å². The molecule has 108 valence electrons. The molecule has 0 bridgehead atoms. The van der Waals surface area contributed by atoms with Crippen LogP contribution in [0.15, 0.2) is 18.2 Å². The molecule has 0 unspecified atom stereocenters. The van der Waals surface area contributed by atoms with Crippen LogP contribution < -0.4 is 5.73 Å². The maximum absolute atomic E-state index is 13.9. The minimum absolute atomic E-state index is 0.0722. The second-order valence-electron chi connectivity index (χ2n) is 4.39. The Labute approximate surface area is 116 Å². The molecule has 0 fully saturated rings. The largest absolute Gasteiger partial charge is 0.366 e. The van der Waals surface area contributed by atoms with Crippen molar-refractivity contribution in [3.63, 3.8) is 0 Å². The highest BCUT2D eigenvalue weighted by molar-refractivity contribution is 5.39. The van der Waals surface area contributed by atoms with Gasteiger partial charge in [-0.2, -0.15) is 5.26 Å². The molecular weight excluding hydrogens is 265 g/mol. The summed E-state index contributed by atoms with van der Waals surface area (Å²) in [7, 11) is 0. The summed E-state index contributed by atoms with van der Waals surface area (Å²) in [6.07, 6.45) is 0.657. The van der Waals surface area contributed by atoms with Crippen molar-refractivity contribution >= 4 is 5.69 Å². The van der Waals surface area contributed by atoms with Gasteiger partial charge >= 0.3 is 0 Å². The quantitative estimate of drug-likeness (QED) is 0.469. The SMILES string of the molecule is CC[C@](N)(CCOCC#N)c1cc([N+](=O)[O-])ccc1F. The first-order valence-electron chi connectivity index (χ1n) is 6.12. The van der Waals surface area contributed by atoms with E-state index in [1.807, 2.05) is 6.07 Å². The van der Waals surface area contributed by atoms with Gasteiger partial charge in [-0.05, 0) is 18.9 Å². The molecule has 1 rings (SSSR count). The topological polar surface area (TPSA) is 102 Å². The number of nitrogens with two attached hydrogens (primary N) is 1. The van der Waals surface area contributed by atoms with Crippen LogP contribution in [0.5, 0.6) is 0 Å². The van der Waals surface area contributed by atoms with Crippen molar-refractivity contribution in [1.29, 1.82) is 5.26 Å². The number of hydrogen-bond acceptors (Lipinski definition) is 5. The van der Waals surface area contributed by atoms with E-state index >= 15 is 0 Å². The molecule has 20 heavy (non-hydrogen) atoms. The van der Waals surface area contributed by atoms with Crippen molar-refractivity contribution < 1.29 is 14.1 Å². The zero-order valence-electron chi connectivity index (χ0n) is 11.1. The number of nitro groups is 1. The van der Waals surface area contributed by atoms with E-state index in [4.69, 9.17) is 15.7 Å². The average Bonchev–Trinajstić information content (AvgIpc) is 2.43. The zero-order chi connectivity index (χ0) is 15.2. The van der Waals surface area contributed by atoms with Crippen molar-refractivity contribution in [2.75, 3.05) is 13.2 Å². The molecule has 0 spiro atoms. The lowest BCUT2D eigenvalue weighted by Gasteiger charge is -2.28. The molecule has 0 saturated heterocycles. The molecule has 0 aliphatic carbocycles. The van der Waals surface area contributed by atoms with Crippen LogP contribution in [0.4, 0.5) is 10.1 Å².